The first-order valence-corrected chi connectivity index (χ1v) is 10.8. The smallest absolute Gasteiger partial charge is 0.251 e. The highest BCUT2D eigenvalue weighted by molar-refractivity contribution is 5.94. The molecule has 1 atom stereocenters. The predicted molar refractivity (Wildman–Crippen MR) is 123 cm³/mol. The van der Waals surface area contributed by atoms with Gasteiger partial charge in [-0.2, -0.15) is 0 Å². The lowest BCUT2D eigenvalue weighted by Crippen LogP contribution is -2.29. The minimum absolute atomic E-state index is 0.127. The van der Waals surface area contributed by atoms with Crippen molar-refractivity contribution < 1.29 is 18.3 Å². The van der Waals surface area contributed by atoms with Gasteiger partial charge >= 0.3 is 0 Å². The van der Waals surface area contributed by atoms with Crippen LogP contribution < -0.4 is 10.1 Å². The van der Waals surface area contributed by atoms with E-state index in [1.165, 1.54) is 18.2 Å². The van der Waals surface area contributed by atoms with Crippen molar-refractivity contribution in [1.29, 1.82) is 0 Å². The quantitative estimate of drug-likeness (QED) is 0.427. The highest BCUT2D eigenvalue weighted by Crippen LogP contribution is 2.25. The van der Waals surface area contributed by atoms with Gasteiger partial charge in [-0.05, 0) is 62.1 Å². The number of aryl methyl sites for hydroxylation is 2. The molecule has 1 amide bonds. The van der Waals surface area contributed by atoms with Gasteiger partial charge in [0.15, 0.2) is 0 Å². The second kappa shape index (κ2) is 10.4. The lowest BCUT2D eigenvalue weighted by atomic mass is 9.94. The number of benzene rings is 3. The van der Waals surface area contributed by atoms with E-state index in [1.54, 1.807) is 24.3 Å². The van der Waals surface area contributed by atoms with Crippen molar-refractivity contribution in [2.24, 2.45) is 5.92 Å². The lowest BCUT2D eigenvalue weighted by molar-refractivity contribution is 0.0931. The van der Waals surface area contributed by atoms with Gasteiger partial charge in [0.25, 0.3) is 5.91 Å². The predicted octanol–water partition coefficient (Wildman–Crippen LogP) is 6.68. The molecule has 0 saturated heterocycles. The van der Waals surface area contributed by atoms with E-state index >= 15 is 0 Å². The third-order valence-electron chi connectivity index (χ3n) is 5.20. The molecule has 3 aromatic carbocycles. The summed E-state index contributed by atoms with van der Waals surface area (Å²) in [5, 5.41) is 3.14. The van der Waals surface area contributed by atoms with Gasteiger partial charge in [-0.1, -0.05) is 55.3 Å². The number of nitrogens with one attached hydrogen (secondary N) is 1. The maximum Gasteiger partial charge on any atom is 0.251 e. The van der Waals surface area contributed by atoms with Gasteiger partial charge in [0.05, 0.1) is 11.6 Å². The van der Waals surface area contributed by atoms with Crippen molar-refractivity contribution in [3.63, 3.8) is 0 Å². The summed E-state index contributed by atoms with van der Waals surface area (Å²) >= 11 is 0. The molecule has 1 unspecified atom stereocenters. The Hall–Kier alpha value is -3.21. The molecule has 32 heavy (non-hydrogen) atoms. The molecule has 168 valence electrons. The third-order valence-corrected chi connectivity index (χ3v) is 5.20. The van der Waals surface area contributed by atoms with Crippen LogP contribution in [-0.4, -0.2) is 5.91 Å². The van der Waals surface area contributed by atoms with Crippen molar-refractivity contribution in [2.75, 3.05) is 0 Å². The van der Waals surface area contributed by atoms with Crippen LogP contribution in [0.1, 0.15) is 58.9 Å². The Kier molecular flexibility index (Phi) is 7.62. The van der Waals surface area contributed by atoms with Crippen LogP contribution in [0.2, 0.25) is 0 Å². The van der Waals surface area contributed by atoms with Crippen LogP contribution in [-0.2, 0) is 6.61 Å². The van der Waals surface area contributed by atoms with Crippen molar-refractivity contribution in [2.45, 2.75) is 46.8 Å². The molecule has 0 aromatic heterocycles. The normalized spacial score (nSPS) is 12.0. The van der Waals surface area contributed by atoms with E-state index in [0.717, 1.165) is 23.1 Å². The van der Waals surface area contributed by atoms with Gasteiger partial charge in [0.1, 0.15) is 24.0 Å². The zero-order chi connectivity index (χ0) is 23.3. The van der Waals surface area contributed by atoms with Crippen molar-refractivity contribution in [1.82, 2.24) is 5.32 Å². The van der Waals surface area contributed by atoms with Crippen LogP contribution in [0.25, 0.3) is 0 Å². The first kappa shape index (κ1) is 23.5. The SMILES string of the molecule is Cc1cc(C)cc(C(CC(C)C)NC(=O)c2cccc(OCc3c(F)cccc3F)c2)c1. The minimum Gasteiger partial charge on any atom is -0.489 e. The summed E-state index contributed by atoms with van der Waals surface area (Å²) < 4.78 is 33.3. The highest BCUT2D eigenvalue weighted by Gasteiger charge is 2.18. The molecular weight excluding hydrogens is 408 g/mol. The molecule has 3 rings (SSSR count). The summed E-state index contributed by atoms with van der Waals surface area (Å²) in [5.41, 5.74) is 3.66. The standard InChI is InChI=1S/C27H29F2NO2/c1-17(2)11-26(21-13-18(3)12-19(4)14-21)30-27(31)20-7-5-8-22(15-20)32-16-23-24(28)9-6-10-25(23)29/h5-10,12-15,17,26H,11,16H2,1-4H3,(H,30,31). The molecule has 0 fully saturated rings. The largest absolute Gasteiger partial charge is 0.489 e. The number of rotatable bonds is 8. The first-order chi connectivity index (χ1) is 15.2. The average Bonchev–Trinajstić information content (AvgIpc) is 2.72. The van der Waals surface area contributed by atoms with E-state index in [4.69, 9.17) is 4.74 Å². The van der Waals surface area contributed by atoms with Crippen LogP contribution in [0, 0.1) is 31.4 Å². The van der Waals surface area contributed by atoms with Gasteiger partial charge in [0, 0.05) is 5.56 Å². The van der Waals surface area contributed by atoms with Crippen molar-refractivity contribution >= 4 is 5.91 Å². The fourth-order valence-corrected chi connectivity index (χ4v) is 3.76. The summed E-state index contributed by atoms with van der Waals surface area (Å²) in [6.07, 6.45) is 0.803. The van der Waals surface area contributed by atoms with E-state index in [2.05, 4.69) is 37.4 Å². The molecule has 3 aromatic rings. The van der Waals surface area contributed by atoms with E-state index < -0.39 is 11.6 Å². The topological polar surface area (TPSA) is 38.3 Å². The van der Waals surface area contributed by atoms with E-state index in [9.17, 15) is 13.6 Å². The summed E-state index contributed by atoms with van der Waals surface area (Å²) in [4.78, 5) is 13.0. The Morgan fingerprint density at radius 1 is 0.938 bits per heavy atom. The maximum absolute atomic E-state index is 13.8. The molecule has 0 spiro atoms. The number of carbonyl (C=O) groups excluding carboxylic acids is 1. The third kappa shape index (κ3) is 6.16. The number of carbonyl (C=O) groups is 1. The van der Waals surface area contributed by atoms with Crippen LogP contribution >= 0.6 is 0 Å². The Balaban J connectivity index is 1.76. The first-order valence-electron chi connectivity index (χ1n) is 10.8. The zero-order valence-corrected chi connectivity index (χ0v) is 18.9. The second-order valence-electron chi connectivity index (χ2n) is 8.59. The Bertz CT molecular complexity index is 1050. The van der Waals surface area contributed by atoms with E-state index in [1.807, 2.05) is 13.8 Å². The molecule has 0 aliphatic carbocycles. The molecule has 0 bridgehead atoms. The fraction of sp³-hybridized carbons (Fsp3) is 0.296. The Morgan fingerprint density at radius 2 is 1.56 bits per heavy atom. The van der Waals surface area contributed by atoms with Gasteiger partial charge in [-0.15, -0.1) is 0 Å². The van der Waals surface area contributed by atoms with Crippen molar-refractivity contribution in [3.05, 3.63) is 100 Å². The Morgan fingerprint density at radius 3 is 2.19 bits per heavy atom. The molecule has 5 heteroatoms. The van der Waals surface area contributed by atoms with E-state index in [-0.39, 0.29) is 24.1 Å². The summed E-state index contributed by atoms with van der Waals surface area (Å²) in [6, 6.07) is 16.5. The maximum atomic E-state index is 13.8. The van der Waals surface area contributed by atoms with Crippen molar-refractivity contribution in [3.8, 4) is 5.75 Å². The molecule has 0 aliphatic heterocycles. The number of hydrogen-bond donors (Lipinski definition) is 1. The molecule has 0 aliphatic rings. The lowest BCUT2D eigenvalue weighted by Gasteiger charge is -2.22. The number of hydrogen-bond acceptors (Lipinski definition) is 2. The molecule has 0 heterocycles. The van der Waals surface area contributed by atoms with Crippen LogP contribution in [0.3, 0.4) is 0 Å². The number of amides is 1. The van der Waals surface area contributed by atoms with Gasteiger partial charge in [-0.25, -0.2) is 8.78 Å². The Labute approximate surface area is 188 Å². The summed E-state index contributed by atoms with van der Waals surface area (Å²) in [7, 11) is 0. The average molecular weight is 438 g/mol. The van der Waals surface area contributed by atoms with Crippen LogP contribution in [0.15, 0.2) is 60.7 Å². The fourth-order valence-electron chi connectivity index (χ4n) is 3.76. The van der Waals surface area contributed by atoms with Crippen LogP contribution in [0.4, 0.5) is 8.78 Å². The molecular formula is C27H29F2NO2. The number of ether oxygens (including phenoxy) is 1. The zero-order valence-electron chi connectivity index (χ0n) is 18.9. The minimum atomic E-state index is -0.663. The van der Waals surface area contributed by atoms with Gasteiger partial charge < -0.3 is 10.1 Å². The highest BCUT2D eigenvalue weighted by atomic mass is 19.1. The molecule has 3 nitrogen and oxygen atoms in total. The molecule has 0 radical (unpaired) electrons. The van der Waals surface area contributed by atoms with E-state index in [0.29, 0.717) is 17.2 Å². The summed E-state index contributed by atoms with van der Waals surface area (Å²) in [6.45, 7) is 8.08. The number of halogens is 2. The monoisotopic (exact) mass is 437 g/mol. The summed E-state index contributed by atoms with van der Waals surface area (Å²) in [5.74, 6) is -0.788. The van der Waals surface area contributed by atoms with Crippen LogP contribution in [0.5, 0.6) is 5.75 Å². The molecule has 1 N–H and O–H groups in total. The molecule has 0 saturated carbocycles. The van der Waals surface area contributed by atoms with Gasteiger partial charge in [-0.3, -0.25) is 4.79 Å². The second-order valence-corrected chi connectivity index (χ2v) is 8.59. The van der Waals surface area contributed by atoms with Gasteiger partial charge in [0.2, 0.25) is 0 Å².